The molecule has 2 atom stereocenters. The molecule has 1 aromatic heterocycles. The molecule has 0 unspecified atom stereocenters. The van der Waals surface area contributed by atoms with Crippen molar-refractivity contribution in [3.63, 3.8) is 0 Å². The topological polar surface area (TPSA) is 108 Å². The van der Waals surface area contributed by atoms with Crippen LogP contribution in [0.3, 0.4) is 0 Å². The fourth-order valence-electron chi connectivity index (χ4n) is 4.11. The van der Waals surface area contributed by atoms with Crippen LogP contribution in [-0.4, -0.2) is 87.7 Å². The zero-order chi connectivity index (χ0) is 22.4. The molecular formula is C21H33BN4O5. The summed E-state index contributed by atoms with van der Waals surface area (Å²) in [4.78, 5) is 25.2. The number of amides is 1. The van der Waals surface area contributed by atoms with Crippen LogP contribution in [0.4, 0.5) is 5.95 Å². The van der Waals surface area contributed by atoms with Gasteiger partial charge in [0.15, 0.2) is 6.10 Å². The molecule has 1 aromatic rings. The van der Waals surface area contributed by atoms with E-state index in [0.29, 0.717) is 25.1 Å². The molecule has 2 N–H and O–H groups in total. The van der Waals surface area contributed by atoms with Crippen molar-refractivity contribution in [3.05, 3.63) is 12.4 Å². The van der Waals surface area contributed by atoms with Gasteiger partial charge >= 0.3 is 7.12 Å². The van der Waals surface area contributed by atoms with Gasteiger partial charge in [-0.3, -0.25) is 4.79 Å². The fourth-order valence-corrected chi connectivity index (χ4v) is 4.11. The Hall–Kier alpha value is -1.75. The summed E-state index contributed by atoms with van der Waals surface area (Å²) in [5.74, 6) is 0.566. The summed E-state index contributed by atoms with van der Waals surface area (Å²) < 4.78 is 12.2. The molecule has 170 valence electrons. The Morgan fingerprint density at radius 2 is 1.84 bits per heavy atom. The van der Waals surface area contributed by atoms with Gasteiger partial charge in [-0.15, -0.1) is 0 Å². The Labute approximate surface area is 183 Å². The Morgan fingerprint density at radius 3 is 2.39 bits per heavy atom. The van der Waals surface area contributed by atoms with Crippen molar-refractivity contribution in [2.45, 2.75) is 70.3 Å². The molecular weight excluding hydrogens is 399 g/mol. The quantitative estimate of drug-likeness (QED) is 0.578. The standard InChI is InChI=1S/C21H33BN4O5/c1-20(2)21(3,4)31-22(30-20)15-9-23-19(24-10-15)26(16-5-6-16)12-14-7-8-25(11-14)18(29)17(28)13-27/h9-10,14,16-17,27-28H,5-8,11-13H2,1-4H3/t14-,17+/m0/s1. The average molecular weight is 432 g/mol. The lowest BCUT2D eigenvalue weighted by molar-refractivity contribution is -0.141. The van der Waals surface area contributed by atoms with E-state index in [9.17, 15) is 9.90 Å². The number of hydrogen-bond acceptors (Lipinski definition) is 8. The van der Waals surface area contributed by atoms with E-state index in [1.54, 1.807) is 17.3 Å². The van der Waals surface area contributed by atoms with E-state index in [2.05, 4.69) is 14.9 Å². The number of aliphatic hydroxyl groups excluding tert-OH is 2. The normalized spacial score (nSPS) is 25.7. The van der Waals surface area contributed by atoms with E-state index >= 15 is 0 Å². The zero-order valence-corrected chi connectivity index (χ0v) is 18.8. The lowest BCUT2D eigenvalue weighted by Gasteiger charge is -2.32. The van der Waals surface area contributed by atoms with Crippen molar-refractivity contribution >= 4 is 24.4 Å². The maximum Gasteiger partial charge on any atom is 0.498 e. The Balaban J connectivity index is 1.40. The summed E-state index contributed by atoms with van der Waals surface area (Å²) >= 11 is 0. The maximum absolute atomic E-state index is 12.1. The predicted octanol–water partition coefficient (Wildman–Crippen LogP) is -0.0537. The van der Waals surface area contributed by atoms with Gasteiger partial charge in [-0.25, -0.2) is 9.97 Å². The molecule has 0 bridgehead atoms. The minimum atomic E-state index is -1.33. The van der Waals surface area contributed by atoms with Crippen LogP contribution in [-0.2, 0) is 14.1 Å². The van der Waals surface area contributed by atoms with Crippen LogP contribution in [0, 0.1) is 5.92 Å². The zero-order valence-electron chi connectivity index (χ0n) is 18.8. The first-order chi connectivity index (χ1) is 14.6. The lowest BCUT2D eigenvalue weighted by Crippen LogP contribution is -2.41. The lowest BCUT2D eigenvalue weighted by atomic mass is 9.81. The van der Waals surface area contributed by atoms with Gasteiger partial charge in [-0.2, -0.15) is 0 Å². The molecule has 4 rings (SSSR count). The molecule has 2 saturated heterocycles. The van der Waals surface area contributed by atoms with E-state index in [1.165, 1.54) is 0 Å². The third kappa shape index (κ3) is 4.57. The third-order valence-electron chi connectivity index (χ3n) is 6.94. The van der Waals surface area contributed by atoms with Gasteiger partial charge in [0.1, 0.15) is 0 Å². The molecule has 0 aromatic carbocycles. The van der Waals surface area contributed by atoms with Crippen molar-refractivity contribution in [2.24, 2.45) is 5.92 Å². The largest absolute Gasteiger partial charge is 0.498 e. The molecule has 1 saturated carbocycles. The first-order valence-electron chi connectivity index (χ1n) is 11.1. The molecule has 3 fully saturated rings. The number of likely N-dealkylation sites (tertiary alicyclic amines) is 1. The second-order valence-electron chi connectivity index (χ2n) is 9.93. The van der Waals surface area contributed by atoms with Crippen LogP contribution in [0.2, 0.25) is 0 Å². The van der Waals surface area contributed by atoms with Gasteiger partial charge in [0.25, 0.3) is 5.91 Å². The number of anilines is 1. The third-order valence-corrected chi connectivity index (χ3v) is 6.94. The van der Waals surface area contributed by atoms with Gasteiger partial charge in [0, 0.05) is 43.5 Å². The van der Waals surface area contributed by atoms with Crippen LogP contribution >= 0.6 is 0 Å². The molecule has 1 aliphatic carbocycles. The minimum absolute atomic E-state index is 0.279. The Morgan fingerprint density at radius 1 is 1.23 bits per heavy atom. The Bertz CT molecular complexity index is 785. The van der Waals surface area contributed by atoms with Gasteiger partial charge in [-0.1, -0.05) is 0 Å². The maximum atomic E-state index is 12.1. The second-order valence-corrected chi connectivity index (χ2v) is 9.93. The van der Waals surface area contributed by atoms with Gasteiger partial charge in [0.05, 0.1) is 17.8 Å². The summed E-state index contributed by atoms with van der Waals surface area (Å²) in [6, 6.07) is 0.426. The highest BCUT2D eigenvalue weighted by Gasteiger charge is 2.52. The number of hydrogen-bond donors (Lipinski definition) is 2. The van der Waals surface area contributed by atoms with Crippen LogP contribution in [0.1, 0.15) is 47.0 Å². The molecule has 0 radical (unpaired) electrons. The second kappa shape index (κ2) is 8.31. The molecule has 2 aliphatic heterocycles. The monoisotopic (exact) mass is 432 g/mol. The van der Waals surface area contributed by atoms with E-state index in [1.807, 2.05) is 27.7 Å². The number of carbonyl (C=O) groups excluding carboxylic acids is 1. The summed E-state index contributed by atoms with van der Waals surface area (Å²) in [7, 11) is -0.485. The van der Waals surface area contributed by atoms with Crippen LogP contribution < -0.4 is 10.4 Å². The smallest absolute Gasteiger partial charge is 0.399 e. The predicted molar refractivity (Wildman–Crippen MR) is 116 cm³/mol. The molecule has 31 heavy (non-hydrogen) atoms. The van der Waals surface area contributed by atoms with Crippen molar-refractivity contribution in [2.75, 3.05) is 31.1 Å². The molecule has 10 heteroatoms. The highest BCUT2D eigenvalue weighted by molar-refractivity contribution is 6.61. The highest BCUT2D eigenvalue weighted by Crippen LogP contribution is 2.36. The Kier molecular flexibility index (Phi) is 6.02. The van der Waals surface area contributed by atoms with Gasteiger partial charge in [0.2, 0.25) is 5.95 Å². The summed E-state index contributed by atoms with van der Waals surface area (Å²) in [5.41, 5.74) is -0.0221. The summed E-state index contributed by atoms with van der Waals surface area (Å²) in [5, 5.41) is 18.6. The van der Waals surface area contributed by atoms with Crippen molar-refractivity contribution in [3.8, 4) is 0 Å². The molecule has 3 heterocycles. The van der Waals surface area contributed by atoms with Crippen molar-refractivity contribution < 1.29 is 24.3 Å². The van der Waals surface area contributed by atoms with Crippen LogP contribution in [0.25, 0.3) is 0 Å². The number of carbonyl (C=O) groups is 1. The number of rotatable bonds is 7. The number of aromatic nitrogens is 2. The van der Waals surface area contributed by atoms with Gasteiger partial charge < -0.3 is 29.3 Å². The first-order valence-corrected chi connectivity index (χ1v) is 11.1. The minimum Gasteiger partial charge on any atom is -0.399 e. The van der Waals surface area contributed by atoms with E-state index in [4.69, 9.17) is 14.4 Å². The van der Waals surface area contributed by atoms with Crippen LogP contribution in [0.5, 0.6) is 0 Å². The molecule has 1 amide bonds. The van der Waals surface area contributed by atoms with E-state index < -0.39 is 36.9 Å². The van der Waals surface area contributed by atoms with E-state index in [-0.39, 0.29) is 5.92 Å². The fraction of sp³-hybridized carbons (Fsp3) is 0.762. The summed E-state index contributed by atoms with van der Waals surface area (Å²) in [6.45, 7) is 9.47. The molecule has 0 spiro atoms. The van der Waals surface area contributed by atoms with Gasteiger partial charge in [-0.05, 0) is 52.9 Å². The first kappa shape index (κ1) is 22.4. The average Bonchev–Trinajstić information content (AvgIpc) is 3.42. The molecule has 9 nitrogen and oxygen atoms in total. The van der Waals surface area contributed by atoms with E-state index in [0.717, 1.165) is 31.3 Å². The number of aliphatic hydroxyl groups is 2. The van der Waals surface area contributed by atoms with Crippen molar-refractivity contribution in [1.29, 1.82) is 0 Å². The SMILES string of the molecule is CC1(C)OB(c2cnc(N(C[C@H]3CCN(C(=O)[C@H](O)CO)C3)C3CC3)nc2)OC1(C)C. The number of nitrogens with zero attached hydrogens (tertiary/aromatic N) is 4. The molecule has 3 aliphatic rings. The highest BCUT2D eigenvalue weighted by atomic mass is 16.7. The van der Waals surface area contributed by atoms with Crippen molar-refractivity contribution in [1.82, 2.24) is 14.9 Å². The summed E-state index contributed by atoms with van der Waals surface area (Å²) in [6.07, 6.45) is 5.31. The van der Waals surface area contributed by atoms with Crippen LogP contribution in [0.15, 0.2) is 12.4 Å².